The topological polar surface area (TPSA) is 0 Å². The maximum atomic E-state index is 2.47. The van der Waals surface area contributed by atoms with E-state index < -0.39 is 0 Å². The maximum absolute atomic E-state index is 2.47. The molecule has 0 saturated heterocycles. The van der Waals surface area contributed by atoms with Crippen LogP contribution in [0.4, 0.5) is 0 Å². The molecule has 0 bridgehead atoms. The van der Waals surface area contributed by atoms with Crippen LogP contribution in [0.15, 0.2) is 18.2 Å². The lowest BCUT2D eigenvalue weighted by molar-refractivity contribution is 0.823. The molecular formula is C12H17I. The van der Waals surface area contributed by atoms with Crippen molar-refractivity contribution in [3.05, 3.63) is 32.9 Å². The first-order chi connectivity index (χ1) is 6.04. The molecule has 72 valence electrons. The molecule has 0 aromatic heterocycles. The molecule has 1 aromatic rings. The van der Waals surface area contributed by atoms with Gasteiger partial charge in [-0.1, -0.05) is 45.9 Å². The average molecular weight is 288 g/mol. The van der Waals surface area contributed by atoms with Gasteiger partial charge in [0.15, 0.2) is 0 Å². The largest absolute Gasteiger partial charge is 0.0616 e. The second kappa shape index (κ2) is 4.45. The van der Waals surface area contributed by atoms with E-state index in [0.29, 0.717) is 11.8 Å². The Bertz CT molecular complexity index is 261. The van der Waals surface area contributed by atoms with Gasteiger partial charge in [-0.15, -0.1) is 0 Å². The van der Waals surface area contributed by atoms with E-state index in [2.05, 4.69) is 68.5 Å². The fourth-order valence-electron chi connectivity index (χ4n) is 1.46. The highest BCUT2D eigenvalue weighted by Crippen LogP contribution is 2.28. The van der Waals surface area contributed by atoms with Crippen LogP contribution in [-0.4, -0.2) is 0 Å². The van der Waals surface area contributed by atoms with Crippen molar-refractivity contribution in [2.45, 2.75) is 39.5 Å². The first-order valence-corrected chi connectivity index (χ1v) is 5.90. The summed E-state index contributed by atoms with van der Waals surface area (Å²) < 4.78 is 1.45. The Morgan fingerprint density at radius 1 is 0.923 bits per heavy atom. The predicted molar refractivity (Wildman–Crippen MR) is 67.3 cm³/mol. The molecule has 0 fully saturated rings. The Morgan fingerprint density at radius 2 is 1.31 bits per heavy atom. The van der Waals surface area contributed by atoms with Crippen LogP contribution >= 0.6 is 22.6 Å². The van der Waals surface area contributed by atoms with Gasteiger partial charge in [-0.05, 0) is 45.6 Å². The van der Waals surface area contributed by atoms with Gasteiger partial charge in [0.25, 0.3) is 0 Å². The molecule has 0 radical (unpaired) electrons. The van der Waals surface area contributed by atoms with Crippen LogP contribution in [0.25, 0.3) is 0 Å². The fraction of sp³-hybridized carbons (Fsp3) is 0.500. The molecule has 0 aliphatic rings. The monoisotopic (exact) mass is 288 g/mol. The third-order valence-electron chi connectivity index (χ3n) is 2.30. The summed E-state index contributed by atoms with van der Waals surface area (Å²) in [6, 6.07) is 6.64. The van der Waals surface area contributed by atoms with Crippen molar-refractivity contribution in [1.82, 2.24) is 0 Å². The zero-order chi connectivity index (χ0) is 10.0. The minimum atomic E-state index is 0.630. The van der Waals surface area contributed by atoms with Crippen LogP contribution in [0.5, 0.6) is 0 Å². The highest BCUT2D eigenvalue weighted by molar-refractivity contribution is 14.1. The standard InChI is InChI=1S/C12H17I/c1-8(2)10-6-5-7-11(9(3)4)12(10)13/h5-9H,1-4H3. The minimum Gasteiger partial charge on any atom is -0.0616 e. The predicted octanol–water partition coefficient (Wildman–Crippen LogP) is 4.54. The summed E-state index contributed by atoms with van der Waals surface area (Å²) >= 11 is 2.47. The molecule has 0 saturated carbocycles. The number of halogens is 1. The first kappa shape index (κ1) is 11.0. The Morgan fingerprint density at radius 3 is 1.62 bits per heavy atom. The van der Waals surface area contributed by atoms with Gasteiger partial charge in [-0.2, -0.15) is 0 Å². The SMILES string of the molecule is CC(C)c1cccc(C(C)C)c1I. The van der Waals surface area contributed by atoms with Gasteiger partial charge in [0.2, 0.25) is 0 Å². The molecule has 0 atom stereocenters. The number of hydrogen-bond donors (Lipinski definition) is 0. The molecule has 1 heteroatoms. The lowest BCUT2D eigenvalue weighted by Gasteiger charge is -2.14. The third-order valence-corrected chi connectivity index (χ3v) is 3.55. The number of hydrogen-bond acceptors (Lipinski definition) is 0. The van der Waals surface area contributed by atoms with E-state index in [9.17, 15) is 0 Å². The lowest BCUT2D eigenvalue weighted by atomic mass is 9.96. The quantitative estimate of drug-likeness (QED) is 0.701. The van der Waals surface area contributed by atoms with Crippen LogP contribution in [0.1, 0.15) is 50.7 Å². The van der Waals surface area contributed by atoms with Gasteiger partial charge in [-0.3, -0.25) is 0 Å². The molecule has 1 aromatic carbocycles. The van der Waals surface area contributed by atoms with Crippen molar-refractivity contribution in [1.29, 1.82) is 0 Å². The summed E-state index contributed by atoms with van der Waals surface area (Å²) in [5.74, 6) is 1.26. The van der Waals surface area contributed by atoms with E-state index in [1.807, 2.05) is 0 Å². The van der Waals surface area contributed by atoms with Gasteiger partial charge < -0.3 is 0 Å². The van der Waals surface area contributed by atoms with Crippen molar-refractivity contribution in [3.63, 3.8) is 0 Å². The molecule has 0 amide bonds. The van der Waals surface area contributed by atoms with Crippen molar-refractivity contribution in [2.24, 2.45) is 0 Å². The Balaban J connectivity index is 3.18. The fourth-order valence-corrected chi connectivity index (χ4v) is 3.07. The van der Waals surface area contributed by atoms with Gasteiger partial charge in [0.05, 0.1) is 0 Å². The van der Waals surface area contributed by atoms with E-state index in [4.69, 9.17) is 0 Å². The summed E-state index contributed by atoms with van der Waals surface area (Å²) in [6.45, 7) is 9.01. The summed E-state index contributed by atoms with van der Waals surface area (Å²) in [4.78, 5) is 0. The van der Waals surface area contributed by atoms with Gasteiger partial charge >= 0.3 is 0 Å². The molecular weight excluding hydrogens is 271 g/mol. The Hall–Kier alpha value is -0.0500. The molecule has 0 N–H and O–H groups in total. The van der Waals surface area contributed by atoms with Crippen molar-refractivity contribution >= 4 is 22.6 Å². The van der Waals surface area contributed by atoms with Crippen LogP contribution in [-0.2, 0) is 0 Å². The van der Waals surface area contributed by atoms with Crippen LogP contribution < -0.4 is 0 Å². The normalized spacial score (nSPS) is 11.3. The summed E-state index contributed by atoms with van der Waals surface area (Å²) in [6.07, 6.45) is 0. The molecule has 0 aliphatic carbocycles. The van der Waals surface area contributed by atoms with E-state index in [-0.39, 0.29) is 0 Å². The summed E-state index contributed by atoms with van der Waals surface area (Å²) in [5.41, 5.74) is 2.96. The zero-order valence-corrected chi connectivity index (χ0v) is 10.9. The van der Waals surface area contributed by atoms with E-state index in [1.54, 1.807) is 0 Å². The van der Waals surface area contributed by atoms with Crippen LogP contribution in [0, 0.1) is 3.57 Å². The highest BCUT2D eigenvalue weighted by atomic mass is 127. The Kier molecular flexibility index (Phi) is 3.77. The van der Waals surface area contributed by atoms with E-state index in [0.717, 1.165) is 0 Å². The maximum Gasteiger partial charge on any atom is 0.0199 e. The van der Waals surface area contributed by atoms with Crippen LogP contribution in [0.3, 0.4) is 0 Å². The lowest BCUT2D eigenvalue weighted by Crippen LogP contribution is -1.98. The van der Waals surface area contributed by atoms with E-state index in [1.165, 1.54) is 14.7 Å². The molecule has 0 heterocycles. The van der Waals surface area contributed by atoms with Crippen molar-refractivity contribution in [3.8, 4) is 0 Å². The van der Waals surface area contributed by atoms with Gasteiger partial charge in [0, 0.05) is 3.57 Å². The Labute approximate surface area is 94.9 Å². The van der Waals surface area contributed by atoms with Crippen molar-refractivity contribution < 1.29 is 0 Å². The third kappa shape index (κ3) is 2.46. The highest BCUT2D eigenvalue weighted by Gasteiger charge is 2.10. The summed E-state index contributed by atoms with van der Waals surface area (Å²) in [5, 5.41) is 0. The molecule has 1 rings (SSSR count). The average Bonchev–Trinajstić information content (AvgIpc) is 2.03. The second-order valence-corrected chi connectivity index (χ2v) is 5.14. The molecule has 13 heavy (non-hydrogen) atoms. The first-order valence-electron chi connectivity index (χ1n) is 4.82. The number of rotatable bonds is 2. The minimum absolute atomic E-state index is 0.630. The summed E-state index contributed by atoms with van der Waals surface area (Å²) in [7, 11) is 0. The molecule has 0 aliphatic heterocycles. The van der Waals surface area contributed by atoms with Crippen LogP contribution in [0.2, 0.25) is 0 Å². The van der Waals surface area contributed by atoms with Gasteiger partial charge in [0.1, 0.15) is 0 Å². The smallest absolute Gasteiger partial charge is 0.0199 e. The number of benzene rings is 1. The molecule has 0 nitrogen and oxygen atoms in total. The van der Waals surface area contributed by atoms with E-state index >= 15 is 0 Å². The van der Waals surface area contributed by atoms with Gasteiger partial charge in [-0.25, -0.2) is 0 Å². The molecule has 0 unspecified atom stereocenters. The zero-order valence-electron chi connectivity index (χ0n) is 8.76. The molecule has 0 spiro atoms. The second-order valence-electron chi connectivity index (χ2n) is 4.06. The van der Waals surface area contributed by atoms with Crippen molar-refractivity contribution in [2.75, 3.05) is 0 Å².